The molecular weight excluding hydrogens is 267 g/mol. The van der Waals surface area contributed by atoms with E-state index in [0.29, 0.717) is 11.3 Å². The van der Waals surface area contributed by atoms with Gasteiger partial charge in [-0.25, -0.2) is 0 Å². The number of furan rings is 1. The first-order valence-corrected chi connectivity index (χ1v) is 5.44. The predicted octanol–water partition coefficient (Wildman–Crippen LogP) is 4.12. The number of rotatable bonds is 2. The van der Waals surface area contributed by atoms with Crippen LogP contribution in [-0.4, -0.2) is 0 Å². The van der Waals surface area contributed by atoms with Crippen LogP contribution in [0.25, 0.3) is 0 Å². The number of halogens is 4. The summed E-state index contributed by atoms with van der Waals surface area (Å²) in [7, 11) is 0. The van der Waals surface area contributed by atoms with Gasteiger partial charge in [0.15, 0.2) is 5.22 Å². The van der Waals surface area contributed by atoms with Gasteiger partial charge in [0.2, 0.25) is 0 Å². The molecule has 0 fully saturated rings. The molecule has 96 valence electrons. The van der Waals surface area contributed by atoms with Gasteiger partial charge in [-0.05, 0) is 35.4 Å². The molecule has 0 aliphatic rings. The number of anilines is 1. The fraction of sp³-hybridized carbons (Fsp3) is 0.167. The van der Waals surface area contributed by atoms with Crippen LogP contribution in [-0.2, 0) is 12.6 Å². The first-order valence-electron chi connectivity index (χ1n) is 5.06. The third kappa shape index (κ3) is 2.61. The van der Waals surface area contributed by atoms with Gasteiger partial charge in [0.1, 0.15) is 5.76 Å². The van der Waals surface area contributed by atoms with Crippen LogP contribution >= 0.6 is 11.6 Å². The van der Waals surface area contributed by atoms with Gasteiger partial charge in [-0.1, -0.05) is 12.1 Å². The Morgan fingerprint density at radius 2 is 1.89 bits per heavy atom. The summed E-state index contributed by atoms with van der Waals surface area (Å²) in [6, 6.07) is 6.93. The molecule has 0 saturated heterocycles. The highest BCUT2D eigenvalue weighted by Gasteiger charge is 2.33. The van der Waals surface area contributed by atoms with Gasteiger partial charge in [-0.2, -0.15) is 13.2 Å². The number of hydrogen-bond acceptors (Lipinski definition) is 2. The Morgan fingerprint density at radius 1 is 1.17 bits per heavy atom. The van der Waals surface area contributed by atoms with E-state index in [1.165, 1.54) is 18.2 Å². The molecule has 18 heavy (non-hydrogen) atoms. The van der Waals surface area contributed by atoms with Crippen LogP contribution in [0, 0.1) is 0 Å². The van der Waals surface area contributed by atoms with Gasteiger partial charge in [-0.3, -0.25) is 0 Å². The fourth-order valence-corrected chi connectivity index (χ4v) is 1.81. The molecule has 0 aliphatic heterocycles. The summed E-state index contributed by atoms with van der Waals surface area (Å²) in [4.78, 5) is 0. The summed E-state index contributed by atoms with van der Waals surface area (Å²) >= 11 is 5.59. The maximum absolute atomic E-state index is 12.6. The molecule has 0 spiro atoms. The number of nitrogen functional groups attached to an aromatic ring is 1. The lowest BCUT2D eigenvalue weighted by atomic mass is 10.0. The first-order chi connectivity index (χ1) is 8.38. The molecule has 0 bridgehead atoms. The van der Waals surface area contributed by atoms with Gasteiger partial charge < -0.3 is 10.2 Å². The number of benzene rings is 1. The van der Waals surface area contributed by atoms with E-state index < -0.39 is 11.7 Å². The molecule has 1 aromatic heterocycles. The molecule has 2 N–H and O–H groups in total. The normalized spacial score (nSPS) is 11.8. The Bertz CT molecular complexity index is 563. The molecule has 0 amide bonds. The number of para-hydroxylation sites is 1. The van der Waals surface area contributed by atoms with E-state index in [-0.39, 0.29) is 17.3 Å². The molecule has 6 heteroatoms. The van der Waals surface area contributed by atoms with Crippen molar-refractivity contribution >= 4 is 17.3 Å². The molecule has 0 radical (unpaired) electrons. The van der Waals surface area contributed by atoms with Crippen molar-refractivity contribution in [2.45, 2.75) is 12.6 Å². The Labute approximate surface area is 106 Å². The summed E-state index contributed by atoms with van der Waals surface area (Å²) in [5, 5.41) is 0.190. The quantitative estimate of drug-likeness (QED) is 0.837. The summed E-state index contributed by atoms with van der Waals surface area (Å²) in [6.07, 6.45) is -4.29. The van der Waals surface area contributed by atoms with Crippen LogP contribution in [0.5, 0.6) is 0 Å². The zero-order valence-corrected chi connectivity index (χ0v) is 9.85. The van der Waals surface area contributed by atoms with Gasteiger partial charge >= 0.3 is 6.18 Å². The highest BCUT2D eigenvalue weighted by molar-refractivity contribution is 6.28. The van der Waals surface area contributed by atoms with E-state index in [4.69, 9.17) is 21.8 Å². The van der Waals surface area contributed by atoms with E-state index in [1.54, 1.807) is 6.07 Å². The summed E-state index contributed by atoms with van der Waals surface area (Å²) in [6.45, 7) is 0. The molecule has 2 rings (SSSR count). The van der Waals surface area contributed by atoms with Gasteiger partial charge in [-0.15, -0.1) is 0 Å². The molecule has 0 unspecified atom stereocenters. The molecule has 0 atom stereocenters. The van der Waals surface area contributed by atoms with Crippen molar-refractivity contribution in [3.63, 3.8) is 0 Å². The van der Waals surface area contributed by atoms with E-state index in [9.17, 15) is 13.2 Å². The van der Waals surface area contributed by atoms with Crippen molar-refractivity contribution in [1.82, 2.24) is 0 Å². The zero-order valence-electron chi connectivity index (χ0n) is 9.09. The molecule has 1 aromatic carbocycles. The van der Waals surface area contributed by atoms with Gasteiger partial charge in [0, 0.05) is 12.1 Å². The Morgan fingerprint density at radius 3 is 2.44 bits per heavy atom. The minimum absolute atomic E-state index is 0.169. The van der Waals surface area contributed by atoms with E-state index in [0.717, 1.165) is 6.07 Å². The standard InChI is InChI=1S/C12H9ClF3NO/c13-10-5-4-8(18-10)6-7-2-1-3-9(11(7)17)12(14,15)16/h1-5H,6,17H2. The molecule has 0 aliphatic carbocycles. The highest BCUT2D eigenvalue weighted by Crippen LogP contribution is 2.35. The third-order valence-electron chi connectivity index (χ3n) is 2.50. The SMILES string of the molecule is Nc1c(Cc2ccc(Cl)o2)cccc1C(F)(F)F. The van der Waals surface area contributed by atoms with E-state index in [2.05, 4.69) is 0 Å². The second-order valence-corrected chi connectivity index (χ2v) is 4.13. The Kier molecular flexibility index (Phi) is 3.26. The van der Waals surface area contributed by atoms with Crippen LogP contribution in [0.3, 0.4) is 0 Å². The molecule has 2 nitrogen and oxygen atoms in total. The van der Waals surface area contributed by atoms with Crippen molar-refractivity contribution in [3.8, 4) is 0 Å². The lowest BCUT2D eigenvalue weighted by Gasteiger charge is -2.12. The maximum atomic E-state index is 12.6. The third-order valence-corrected chi connectivity index (χ3v) is 2.70. The average Bonchev–Trinajstić information content (AvgIpc) is 2.65. The van der Waals surface area contributed by atoms with Crippen LogP contribution < -0.4 is 5.73 Å². The second-order valence-electron chi connectivity index (χ2n) is 3.76. The van der Waals surface area contributed by atoms with E-state index in [1.807, 2.05) is 0 Å². The van der Waals surface area contributed by atoms with Crippen LogP contribution in [0.1, 0.15) is 16.9 Å². The highest BCUT2D eigenvalue weighted by atomic mass is 35.5. The Balaban J connectivity index is 2.35. The topological polar surface area (TPSA) is 39.2 Å². The average molecular weight is 276 g/mol. The summed E-state index contributed by atoms with van der Waals surface area (Å²) in [5.41, 5.74) is 4.77. The minimum Gasteiger partial charge on any atom is -0.449 e. The molecular formula is C12H9ClF3NO. The van der Waals surface area contributed by atoms with Crippen LogP contribution in [0.2, 0.25) is 5.22 Å². The van der Waals surface area contributed by atoms with Crippen molar-refractivity contribution < 1.29 is 17.6 Å². The van der Waals surface area contributed by atoms with E-state index >= 15 is 0 Å². The van der Waals surface area contributed by atoms with Crippen LogP contribution in [0.4, 0.5) is 18.9 Å². The van der Waals surface area contributed by atoms with Crippen molar-refractivity contribution in [3.05, 3.63) is 52.4 Å². The number of hydrogen-bond donors (Lipinski definition) is 1. The minimum atomic E-state index is -4.46. The van der Waals surface area contributed by atoms with Crippen LogP contribution in [0.15, 0.2) is 34.7 Å². The Hall–Kier alpha value is -1.62. The van der Waals surface area contributed by atoms with Gasteiger partial charge in [0.25, 0.3) is 0 Å². The molecule has 0 saturated carbocycles. The number of alkyl halides is 3. The lowest BCUT2D eigenvalue weighted by molar-refractivity contribution is -0.136. The lowest BCUT2D eigenvalue weighted by Crippen LogP contribution is -2.10. The summed E-state index contributed by atoms with van der Waals surface area (Å²) in [5.74, 6) is 0.464. The van der Waals surface area contributed by atoms with Gasteiger partial charge in [0.05, 0.1) is 5.56 Å². The first kappa shape index (κ1) is 12.8. The molecule has 1 heterocycles. The van der Waals surface area contributed by atoms with Crippen molar-refractivity contribution in [1.29, 1.82) is 0 Å². The summed E-state index contributed by atoms with van der Waals surface area (Å²) < 4.78 is 43.0. The zero-order chi connectivity index (χ0) is 13.3. The molecule has 2 aromatic rings. The van der Waals surface area contributed by atoms with Crippen molar-refractivity contribution in [2.75, 3.05) is 5.73 Å². The largest absolute Gasteiger partial charge is 0.449 e. The fourth-order valence-electron chi connectivity index (χ4n) is 1.65. The predicted molar refractivity (Wildman–Crippen MR) is 62.4 cm³/mol. The van der Waals surface area contributed by atoms with Crippen molar-refractivity contribution in [2.24, 2.45) is 0 Å². The second kappa shape index (κ2) is 4.57. The monoisotopic (exact) mass is 275 g/mol. The smallest absolute Gasteiger partial charge is 0.418 e. The number of nitrogens with two attached hydrogens (primary N) is 1. The maximum Gasteiger partial charge on any atom is 0.418 e.